The first-order chi connectivity index (χ1) is 9.02. The molecule has 0 aliphatic carbocycles. The minimum atomic E-state index is 0.250. The maximum atomic E-state index is 7.57. The number of aliphatic hydroxyl groups is 1. The zero-order chi connectivity index (χ0) is 14.4. The summed E-state index contributed by atoms with van der Waals surface area (Å²) < 4.78 is 0. The van der Waals surface area contributed by atoms with Gasteiger partial charge in [-0.05, 0) is 68.0 Å². The lowest BCUT2D eigenvalue weighted by atomic mass is 9.91. The van der Waals surface area contributed by atoms with E-state index in [1.165, 1.54) is 33.4 Å². The largest absolute Gasteiger partial charge is 0.397 e. The zero-order valence-corrected chi connectivity index (χ0v) is 12.6. The van der Waals surface area contributed by atoms with E-state index in [0.717, 1.165) is 0 Å². The van der Waals surface area contributed by atoms with E-state index in [4.69, 9.17) is 5.11 Å². The summed E-state index contributed by atoms with van der Waals surface area (Å²) in [6.45, 7) is 10.7. The van der Waals surface area contributed by atoms with Crippen LogP contribution in [0.4, 0.5) is 0 Å². The van der Waals surface area contributed by atoms with Crippen molar-refractivity contribution in [1.82, 2.24) is 0 Å². The minimum absolute atomic E-state index is 0.250. The normalized spacial score (nSPS) is 9.79. The predicted molar refractivity (Wildman–Crippen MR) is 83.6 cm³/mol. The van der Waals surface area contributed by atoms with Gasteiger partial charge in [0, 0.05) is 6.61 Å². The fourth-order valence-electron chi connectivity index (χ4n) is 2.13. The lowest BCUT2D eigenvalue weighted by Crippen LogP contribution is -1.94. The molecule has 2 aromatic rings. The van der Waals surface area contributed by atoms with Gasteiger partial charge in [0.05, 0.1) is 0 Å². The summed E-state index contributed by atoms with van der Waals surface area (Å²) in [5.41, 5.74) is 8.28. The molecule has 1 nitrogen and oxygen atoms in total. The van der Waals surface area contributed by atoms with Crippen molar-refractivity contribution in [1.29, 1.82) is 0 Å². The standard InChI is InChI=1S/C16H18.C2H6O/c1-11-10-16(14(4)13(3)12(11)2)15-8-6-5-7-9-15;1-2-3/h5-10H,1-4H3;3H,2H2,1H3. The highest BCUT2D eigenvalue weighted by molar-refractivity contribution is 5.70. The third-order valence-corrected chi connectivity index (χ3v) is 3.57. The molecule has 0 spiro atoms. The van der Waals surface area contributed by atoms with Gasteiger partial charge >= 0.3 is 0 Å². The van der Waals surface area contributed by atoms with Crippen LogP contribution in [0.2, 0.25) is 0 Å². The van der Waals surface area contributed by atoms with Crippen LogP contribution in [0.1, 0.15) is 29.2 Å². The van der Waals surface area contributed by atoms with E-state index >= 15 is 0 Å². The molecule has 0 atom stereocenters. The average molecular weight is 256 g/mol. The topological polar surface area (TPSA) is 20.2 Å². The van der Waals surface area contributed by atoms with Crippen LogP contribution in [0, 0.1) is 27.7 Å². The van der Waals surface area contributed by atoms with E-state index in [1.54, 1.807) is 6.92 Å². The molecule has 0 unspecified atom stereocenters. The summed E-state index contributed by atoms with van der Waals surface area (Å²) in [5, 5.41) is 7.57. The Labute approximate surface area is 116 Å². The van der Waals surface area contributed by atoms with Crippen LogP contribution in [-0.4, -0.2) is 11.7 Å². The first-order valence-corrected chi connectivity index (χ1v) is 6.76. The van der Waals surface area contributed by atoms with E-state index < -0.39 is 0 Å². The Balaban J connectivity index is 0.000000550. The summed E-state index contributed by atoms with van der Waals surface area (Å²) in [5.74, 6) is 0. The predicted octanol–water partition coefficient (Wildman–Crippen LogP) is 4.59. The average Bonchev–Trinajstić information content (AvgIpc) is 2.42. The van der Waals surface area contributed by atoms with Crippen molar-refractivity contribution in [2.75, 3.05) is 6.61 Å². The van der Waals surface area contributed by atoms with Crippen molar-refractivity contribution in [3.05, 3.63) is 58.7 Å². The Kier molecular flexibility index (Phi) is 5.78. The third-order valence-electron chi connectivity index (χ3n) is 3.57. The minimum Gasteiger partial charge on any atom is -0.397 e. The first kappa shape index (κ1) is 15.5. The number of hydrogen-bond donors (Lipinski definition) is 1. The van der Waals surface area contributed by atoms with Crippen molar-refractivity contribution in [3.8, 4) is 11.1 Å². The molecule has 0 amide bonds. The van der Waals surface area contributed by atoms with Crippen molar-refractivity contribution in [2.45, 2.75) is 34.6 Å². The van der Waals surface area contributed by atoms with E-state index in [0.29, 0.717) is 0 Å². The lowest BCUT2D eigenvalue weighted by Gasteiger charge is -2.14. The smallest absolute Gasteiger partial charge is 0.0402 e. The van der Waals surface area contributed by atoms with Gasteiger partial charge in [0.2, 0.25) is 0 Å². The summed E-state index contributed by atoms with van der Waals surface area (Å²) in [7, 11) is 0. The Morgan fingerprint density at radius 3 is 1.89 bits per heavy atom. The van der Waals surface area contributed by atoms with Crippen LogP contribution in [-0.2, 0) is 0 Å². The van der Waals surface area contributed by atoms with Gasteiger partial charge in [0.1, 0.15) is 0 Å². The van der Waals surface area contributed by atoms with Gasteiger partial charge < -0.3 is 5.11 Å². The van der Waals surface area contributed by atoms with Crippen molar-refractivity contribution in [2.24, 2.45) is 0 Å². The number of hydrogen-bond acceptors (Lipinski definition) is 1. The van der Waals surface area contributed by atoms with E-state index in [1.807, 2.05) is 0 Å². The van der Waals surface area contributed by atoms with Crippen LogP contribution in [0.3, 0.4) is 0 Å². The van der Waals surface area contributed by atoms with E-state index in [-0.39, 0.29) is 6.61 Å². The molecular weight excluding hydrogens is 232 g/mol. The third kappa shape index (κ3) is 3.68. The molecule has 0 fully saturated rings. The Bertz CT molecular complexity index is 527. The maximum Gasteiger partial charge on any atom is 0.0402 e. The number of aryl methyl sites for hydroxylation is 1. The molecular formula is C18H24O. The van der Waals surface area contributed by atoms with Gasteiger partial charge in [-0.15, -0.1) is 0 Å². The van der Waals surface area contributed by atoms with Gasteiger partial charge in [-0.2, -0.15) is 0 Å². The highest BCUT2D eigenvalue weighted by atomic mass is 16.2. The second-order valence-electron chi connectivity index (χ2n) is 4.80. The molecule has 0 aliphatic rings. The lowest BCUT2D eigenvalue weighted by molar-refractivity contribution is 0.318. The van der Waals surface area contributed by atoms with Crippen molar-refractivity contribution >= 4 is 0 Å². The second kappa shape index (κ2) is 7.10. The SMILES string of the molecule is CCO.Cc1cc(-c2ccccc2)c(C)c(C)c1C. The number of aliphatic hydroxyl groups excluding tert-OH is 1. The molecule has 2 aromatic carbocycles. The molecule has 2 rings (SSSR count). The number of benzene rings is 2. The Morgan fingerprint density at radius 1 is 0.842 bits per heavy atom. The van der Waals surface area contributed by atoms with Gasteiger partial charge in [0.25, 0.3) is 0 Å². The van der Waals surface area contributed by atoms with Gasteiger partial charge in [-0.25, -0.2) is 0 Å². The van der Waals surface area contributed by atoms with Gasteiger partial charge in [-0.3, -0.25) is 0 Å². The van der Waals surface area contributed by atoms with Crippen molar-refractivity contribution < 1.29 is 5.11 Å². The molecule has 1 heteroatoms. The Morgan fingerprint density at radius 2 is 1.37 bits per heavy atom. The maximum absolute atomic E-state index is 7.57. The summed E-state index contributed by atoms with van der Waals surface area (Å²) in [6, 6.07) is 12.9. The fourth-order valence-corrected chi connectivity index (χ4v) is 2.13. The van der Waals surface area contributed by atoms with E-state index in [2.05, 4.69) is 64.1 Å². The van der Waals surface area contributed by atoms with Crippen LogP contribution >= 0.6 is 0 Å². The van der Waals surface area contributed by atoms with Crippen LogP contribution in [0.25, 0.3) is 11.1 Å². The summed E-state index contributed by atoms with van der Waals surface area (Å²) in [6.07, 6.45) is 0. The quantitative estimate of drug-likeness (QED) is 0.791. The van der Waals surface area contributed by atoms with E-state index in [9.17, 15) is 0 Å². The summed E-state index contributed by atoms with van der Waals surface area (Å²) >= 11 is 0. The zero-order valence-electron chi connectivity index (χ0n) is 12.6. The highest BCUT2D eigenvalue weighted by Crippen LogP contribution is 2.29. The second-order valence-corrected chi connectivity index (χ2v) is 4.80. The molecule has 0 radical (unpaired) electrons. The van der Waals surface area contributed by atoms with Crippen LogP contribution < -0.4 is 0 Å². The van der Waals surface area contributed by atoms with Crippen LogP contribution in [0.15, 0.2) is 36.4 Å². The monoisotopic (exact) mass is 256 g/mol. The van der Waals surface area contributed by atoms with Crippen LogP contribution in [0.5, 0.6) is 0 Å². The fraction of sp³-hybridized carbons (Fsp3) is 0.333. The highest BCUT2D eigenvalue weighted by Gasteiger charge is 2.08. The molecule has 0 aromatic heterocycles. The number of rotatable bonds is 1. The Hall–Kier alpha value is -1.60. The van der Waals surface area contributed by atoms with Crippen molar-refractivity contribution in [3.63, 3.8) is 0 Å². The van der Waals surface area contributed by atoms with Gasteiger partial charge in [-0.1, -0.05) is 36.4 Å². The molecule has 0 aliphatic heterocycles. The molecule has 102 valence electrons. The first-order valence-electron chi connectivity index (χ1n) is 6.76. The van der Waals surface area contributed by atoms with Gasteiger partial charge in [0.15, 0.2) is 0 Å². The molecule has 0 heterocycles. The molecule has 19 heavy (non-hydrogen) atoms. The summed E-state index contributed by atoms with van der Waals surface area (Å²) in [4.78, 5) is 0. The molecule has 0 bridgehead atoms. The molecule has 0 saturated heterocycles. The molecule has 1 N–H and O–H groups in total. The molecule has 0 saturated carbocycles.